The lowest BCUT2D eigenvalue weighted by Gasteiger charge is -2.42. The zero-order valence-electron chi connectivity index (χ0n) is 22.5. The third kappa shape index (κ3) is 5.63. The van der Waals surface area contributed by atoms with E-state index in [9.17, 15) is 4.79 Å². The van der Waals surface area contributed by atoms with Gasteiger partial charge in [-0.2, -0.15) is 0 Å². The zero-order valence-corrected chi connectivity index (χ0v) is 22.5. The predicted molar refractivity (Wildman–Crippen MR) is 137 cm³/mol. The number of benzene rings is 1. The Labute approximate surface area is 214 Å². The molecule has 0 bridgehead atoms. The molecule has 0 radical (unpaired) electrons. The SMILES string of the molecule is COc1cc(/C=C/C(=O)O[C@@H]2CC[C@]3(CO3)C([C@]3(C)O[C@H]3CC=C(C)C)[C@@H]2OC)ccc1OC(C)C. The van der Waals surface area contributed by atoms with Crippen LogP contribution in [0, 0.1) is 5.92 Å². The molecule has 4 rings (SSSR count). The molecule has 1 saturated carbocycles. The lowest BCUT2D eigenvalue weighted by molar-refractivity contribution is -0.166. The fourth-order valence-electron chi connectivity index (χ4n) is 5.56. The molecule has 0 aromatic heterocycles. The minimum absolute atomic E-state index is 0.00106. The van der Waals surface area contributed by atoms with Gasteiger partial charge in [0.25, 0.3) is 0 Å². The van der Waals surface area contributed by atoms with Crippen molar-refractivity contribution >= 4 is 12.0 Å². The van der Waals surface area contributed by atoms with Crippen LogP contribution in [0.1, 0.15) is 59.4 Å². The molecule has 7 nitrogen and oxygen atoms in total. The molecule has 36 heavy (non-hydrogen) atoms. The monoisotopic (exact) mass is 500 g/mol. The van der Waals surface area contributed by atoms with Gasteiger partial charge in [0.1, 0.15) is 23.4 Å². The highest BCUT2D eigenvalue weighted by Gasteiger charge is 2.72. The van der Waals surface area contributed by atoms with Gasteiger partial charge in [0.15, 0.2) is 11.5 Å². The Balaban J connectivity index is 1.43. The summed E-state index contributed by atoms with van der Waals surface area (Å²) in [7, 11) is 3.28. The smallest absolute Gasteiger partial charge is 0.331 e. The molecule has 2 heterocycles. The van der Waals surface area contributed by atoms with Crippen LogP contribution in [0.25, 0.3) is 6.08 Å². The third-order valence-electron chi connectivity index (χ3n) is 7.47. The molecule has 1 aromatic rings. The second kappa shape index (κ2) is 10.6. The van der Waals surface area contributed by atoms with Crippen molar-refractivity contribution in [3.63, 3.8) is 0 Å². The molecule has 3 aliphatic rings. The molecule has 7 heteroatoms. The normalized spacial score (nSPS) is 33.0. The number of rotatable bonds is 10. The van der Waals surface area contributed by atoms with Crippen LogP contribution >= 0.6 is 0 Å². The topological polar surface area (TPSA) is 79.1 Å². The van der Waals surface area contributed by atoms with Crippen molar-refractivity contribution < 1.29 is 33.2 Å². The van der Waals surface area contributed by atoms with Crippen LogP contribution in [0.3, 0.4) is 0 Å². The van der Waals surface area contributed by atoms with Crippen LogP contribution in [-0.2, 0) is 23.7 Å². The van der Waals surface area contributed by atoms with Crippen molar-refractivity contribution in [1.82, 2.24) is 0 Å². The van der Waals surface area contributed by atoms with Crippen LogP contribution in [0.15, 0.2) is 35.9 Å². The fraction of sp³-hybridized carbons (Fsp3) is 0.621. The Kier molecular flexibility index (Phi) is 7.83. The number of methoxy groups -OCH3 is 2. The number of carbonyl (C=O) groups is 1. The van der Waals surface area contributed by atoms with Gasteiger partial charge in [-0.15, -0.1) is 0 Å². The summed E-state index contributed by atoms with van der Waals surface area (Å²) < 4.78 is 35.3. The number of esters is 1. The van der Waals surface area contributed by atoms with E-state index in [-0.39, 0.29) is 41.5 Å². The van der Waals surface area contributed by atoms with E-state index >= 15 is 0 Å². The fourth-order valence-corrected chi connectivity index (χ4v) is 5.56. The second-order valence-corrected chi connectivity index (χ2v) is 10.8. The maximum absolute atomic E-state index is 12.8. The molecule has 0 N–H and O–H groups in total. The first-order valence-electron chi connectivity index (χ1n) is 12.8. The van der Waals surface area contributed by atoms with Crippen LogP contribution in [-0.4, -0.2) is 62.4 Å². The third-order valence-corrected chi connectivity index (χ3v) is 7.47. The van der Waals surface area contributed by atoms with E-state index in [0.717, 1.165) is 18.4 Å². The number of hydrogen-bond donors (Lipinski definition) is 0. The van der Waals surface area contributed by atoms with Gasteiger partial charge in [-0.05, 0) is 77.7 Å². The first-order chi connectivity index (χ1) is 17.1. The predicted octanol–water partition coefficient (Wildman–Crippen LogP) is 5.12. The van der Waals surface area contributed by atoms with E-state index in [4.69, 9.17) is 28.4 Å². The molecular weight excluding hydrogens is 460 g/mol. The van der Waals surface area contributed by atoms with Gasteiger partial charge < -0.3 is 28.4 Å². The molecule has 6 atom stereocenters. The first-order valence-corrected chi connectivity index (χ1v) is 12.8. The van der Waals surface area contributed by atoms with E-state index in [2.05, 4.69) is 26.8 Å². The highest BCUT2D eigenvalue weighted by Crippen LogP contribution is 2.59. The Morgan fingerprint density at radius 1 is 1.22 bits per heavy atom. The largest absolute Gasteiger partial charge is 0.493 e. The maximum atomic E-state index is 12.8. The first kappa shape index (κ1) is 26.7. The molecule has 1 unspecified atom stereocenters. The number of ether oxygens (including phenoxy) is 6. The summed E-state index contributed by atoms with van der Waals surface area (Å²) in [5.41, 5.74) is 1.48. The van der Waals surface area contributed by atoms with Gasteiger partial charge >= 0.3 is 5.97 Å². The minimum atomic E-state index is -0.405. The minimum Gasteiger partial charge on any atom is -0.493 e. The van der Waals surface area contributed by atoms with Crippen molar-refractivity contribution in [1.29, 1.82) is 0 Å². The standard InChI is InChI=1S/C29H40O7/c1-18(2)8-12-24-28(5,36-24)27-26(32-7)22(14-15-29(27)17-33-29)35-25(30)13-10-20-9-11-21(34-19(3)4)23(16-20)31-6/h8-11,13,16,19,22,24,26-27H,12,14-15,17H2,1-7H3/b13-10+/t22-,24+,26-,27?,28-,29+/m1/s1. The van der Waals surface area contributed by atoms with E-state index < -0.39 is 5.97 Å². The average molecular weight is 501 g/mol. The summed E-state index contributed by atoms with van der Waals surface area (Å²) in [5.74, 6) is 0.874. The van der Waals surface area contributed by atoms with Gasteiger partial charge in [-0.25, -0.2) is 4.79 Å². The number of hydrogen-bond acceptors (Lipinski definition) is 7. The molecule has 2 aliphatic heterocycles. The summed E-state index contributed by atoms with van der Waals surface area (Å²) >= 11 is 0. The highest BCUT2D eigenvalue weighted by atomic mass is 16.6. The van der Waals surface area contributed by atoms with Crippen molar-refractivity contribution in [2.24, 2.45) is 5.92 Å². The van der Waals surface area contributed by atoms with Gasteiger partial charge in [0.05, 0.1) is 31.8 Å². The molecular formula is C29H40O7. The lowest BCUT2D eigenvalue weighted by Crippen LogP contribution is -2.55. The number of carbonyl (C=O) groups excluding carboxylic acids is 1. The quantitative estimate of drug-likeness (QED) is 0.191. The van der Waals surface area contributed by atoms with E-state index in [1.807, 2.05) is 32.0 Å². The summed E-state index contributed by atoms with van der Waals surface area (Å²) in [6, 6.07) is 5.56. The Hall–Kier alpha value is -2.35. The zero-order chi connectivity index (χ0) is 26.1. The van der Waals surface area contributed by atoms with Crippen molar-refractivity contribution in [3.8, 4) is 11.5 Å². The lowest BCUT2D eigenvalue weighted by atomic mass is 9.68. The average Bonchev–Trinajstić information content (AvgIpc) is 3.74. The van der Waals surface area contributed by atoms with E-state index in [1.54, 1.807) is 20.3 Å². The molecule has 198 valence electrons. The van der Waals surface area contributed by atoms with Crippen molar-refractivity contribution in [2.75, 3.05) is 20.8 Å². The number of allylic oxidation sites excluding steroid dienone is 1. The van der Waals surface area contributed by atoms with Crippen molar-refractivity contribution in [3.05, 3.63) is 41.5 Å². The van der Waals surface area contributed by atoms with Crippen LogP contribution in [0.4, 0.5) is 0 Å². The second-order valence-electron chi connectivity index (χ2n) is 10.8. The maximum Gasteiger partial charge on any atom is 0.331 e. The molecule has 1 aliphatic carbocycles. The van der Waals surface area contributed by atoms with Crippen molar-refractivity contribution in [2.45, 2.75) is 89.5 Å². The van der Waals surface area contributed by atoms with Gasteiger partial charge in [0.2, 0.25) is 0 Å². The van der Waals surface area contributed by atoms with Crippen LogP contribution in [0.2, 0.25) is 0 Å². The molecule has 1 aromatic carbocycles. The van der Waals surface area contributed by atoms with Crippen LogP contribution < -0.4 is 9.47 Å². The van der Waals surface area contributed by atoms with Gasteiger partial charge in [0, 0.05) is 13.2 Å². The van der Waals surface area contributed by atoms with Gasteiger partial charge in [-0.3, -0.25) is 0 Å². The summed E-state index contributed by atoms with van der Waals surface area (Å²) in [5, 5.41) is 0. The Morgan fingerprint density at radius 3 is 2.58 bits per heavy atom. The summed E-state index contributed by atoms with van der Waals surface area (Å²) in [4.78, 5) is 12.8. The van der Waals surface area contributed by atoms with Gasteiger partial charge in [-0.1, -0.05) is 17.7 Å². The number of epoxide rings is 2. The van der Waals surface area contributed by atoms with Crippen LogP contribution in [0.5, 0.6) is 11.5 Å². The molecule has 2 saturated heterocycles. The molecule has 3 fully saturated rings. The van der Waals surface area contributed by atoms with E-state index in [0.29, 0.717) is 24.5 Å². The summed E-state index contributed by atoms with van der Waals surface area (Å²) in [6.07, 6.45) is 7.24. The Morgan fingerprint density at radius 2 is 1.97 bits per heavy atom. The van der Waals surface area contributed by atoms with E-state index in [1.165, 1.54) is 11.6 Å². The Bertz CT molecular complexity index is 1000. The molecule has 0 amide bonds. The highest BCUT2D eigenvalue weighted by molar-refractivity contribution is 5.87. The molecule has 1 spiro atoms. The summed E-state index contributed by atoms with van der Waals surface area (Å²) in [6.45, 7) is 10.9.